The van der Waals surface area contributed by atoms with Gasteiger partial charge in [0.1, 0.15) is 11.4 Å². The number of anilines is 1. The second-order valence-corrected chi connectivity index (χ2v) is 5.24. The molecule has 0 saturated carbocycles. The molecule has 0 spiro atoms. The van der Waals surface area contributed by atoms with Gasteiger partial charge in [-0.1, -0.05) is 28.5 Å². The van der Waals surface area contributed by atoms with Gasteiger partial charge in [-0.05, 0) is 36.4 Å². The molecule has 0 aliphatic rings. The highest BCUT2D eigenvalue weighted by Gasteiger charge is 2.18. The summed E-state index contributed by atoms with van der Waals surface area (Å²) in [5.41, 5.74) is 1.57. The standard InChI is InChI=1S/C18H17N3O4/c22-19-15(17-8-4-10-24-17)12-21(14-6-2-1-3-7-14)13-16(20-23)18-9-5-11-25-18/h1-11,22-23H,12-13H2/b19-15-,20-16-. The van der Waals surface area contributed by atoms with Crippen LogP contribution in [0.15, 0.2) is 86.3 Å². The molecule has 3 rings (SSSR count). The monoisotopic (exact) mass is 339 g/mol. The molecule has 3 aromatic rings. The molecular formula is C18H17N3O4. The maximum absolute atomic E-state index is 9.37. The van der Waals surface area contributed by atoms with Gasteiger partial charge in [-0.3, -0.25) is 0 Å². The van der Waals surface area contributed by atoms with E-state index in [1.165, 1.54) is 12.5 Å². The van der Waals surface area contributed by atoms with Gasteiger partial charge in [0.2, 0.25) is 0 Å². The summed E-state index contributed by atoms with van der Waals surface area (Å²) in [7, 11) is 0. The van der Waals surface area contributed by atoms with Crippen molar-refractivity contribution in [1.82, 2.24) is 0 Å². The van der Waals surface area contributed by atoms with Crippen LogP contribution in [-0.2, 0) is 0 Å². The second kappa shape index (κ2) is 7.87. The summed E-state index contributed by atoms with van der Waals surface area (Å²) in [4.78, 5) is 1.88. The Hall–Kier alpha value is -3.48. The number of hydrogen-bond acceptors (Lipinski definition) is 7. The quantitative estimate of drug-likeness (QED) is 0.391. The molecule has 2 heterocycles. The van der Waals surface area contributed by atoms with Crippen molar-refractivity contribution in [3.05, 3.63) is 78.6 Å². The maximum atomic E-state index is 9.37. The fourth-order valence-electron chi connectivity index (χ4n) is 2.44. The molecule has 7 nitrogen and oxygen atoms in total. The number of furan rings is 2. The Balaban J connectivity index is 1.88. The third-order valence-electron chi connectivity index (χ3n) is 3.66. The molecule has 0 unspecified atom stereocenters. The molecule has 0 saturated heterocycles. The highest BCUT2D eigenvalue weighted by molar-refractivity contribution is 6.04. The smallest absolute Gasteiger partial charge is 0.153 e. The summed E-state index contributed by atoms with van der Waals surface area (Å²) in [5.74, 6) is 0.924. The van der Waals surface area contributed by atoms with E-state index in [1.54, 1.807) is 24.3 Å². The molecule has 7 heteroatoms. The zero-order valence-corrected chi connectivity index (χ0v) is 13.3. The average molecular weight is 339 g/mol. The first-order valence-corrected chi connectivity index (χ1v) is 7.61. The van der Waals surface area contributed by atoms with E-state index in [1.807, 2.05) is 35.2 Å². The van der Waals surface area contributed by atoms with Crippen molar-refractivity contribution in [3.63, 3.8) is 0 Å². The Morgan fingerprint density at radius 3 is 1.68 bits per heavy atom. The minimum Gasteiger partial charge on any atom is -0.463 e. The molecule has 25 heavy (non-hydrogen) atoms. The minimum absolute atomic E-state index is 0.244. The van der Waals surface area contributed by atoms with Gasteiger partial charge in [0.25, 0.3) is 0 Å². The molecule has 0 atom stereocenters. The molecule has 0 fully saturated rings. The van der Waals surface area contributed by atoms with Crippen LogP contribution in [0.4, 0.5) is 5.69 Å². The Labute approximate surface area is 144 Å². The summed E-state index contributed by atoms with van der Waals surface area (Å²) in [5, 5.41) is 25.4. The van der Waals surface area contributed by atoms with Crippen LogP contribution >= 0.6 is 0 Å². The molecule has 1 aromatic carbocycles. The van der Waals surface area contributed by atoms with E-state index < -0.39 is 0 Å². The first-order chi connectivity index (χ1) is 12.3. The zero-order chi connectivity index (χ0) is 17.5. The lowest BCUT2D eigenvalue weighted by molar-refractivity contribution is 0.316. The highest BCUT2D eigenvalue weighted by Crippen LogP contribution is 2.16. The van der Waals surface area contributed by atoms with Crippen LogP contribution < -0.4 is 4.90 Å². The number of rotatable bonds is 7. The normalized spacial score (nSPS) is 12.3. The lowest BCUT2D eigenvalue weighted by atomic mass is 10.2. The van der Waals surface area contributed by atoms with Crippen LogP contribution in [0.25, 0.3) is 0 Å². The highest BCUT2D eigenvalue weighted by atomic mass is 16.4. The van der Waals surface area contributed by atoms with E-state index in [9.17, 15) is 10.4 Å². The predicted octanol–water partition coefficient (Wildman–Crippen LogP) is 3.44. The summed E-state index contributed by atoms with van der Waals surface area (Å²) < 4.78 is 10.6. The van der Waals surface area contributed by atoms with Crippen LogP contribution in [0.3, 0.4) is 0 Å². The van der Waals surface area contributed by atoms with Crippen molar-refractivity contribution in [3.8, 4) is 0 Å². The number of hydrogen-bond donors (Lipinski definition) is 2. The van der Waals surface area contributed by atoms with Crippen molar-refractivity contribution in [2.24, 2.45) is 10.3 Å². The Kier molecular flexibility index (Phi) is 5.16. The Morgan fingerprint density at radius 1 is 0.760 bits per heavy atom. The van der Waals surface area contributed by atoms with Crippen molar-refractivity contribution >= 4 is 17.1 Å². The van der Waals surface area contributed by atoms with Crippen LogP contribution in [0, 0.1) is 0 Å². The van der Waals surface area contributed by atoms with Gasteiger partial charge in [0, 0.05) is 5.69 Å². The van der Waals surface area contributed by atoms with Crippen molar-refractivity contribution < 1.29 is 19.2 Å². The third kappa shape index (κ3) is 3.89. The van der Waals surface area contributed by atoms with E-state index in [2.05, 4.69) is 10.3 Å². The van der Waals surface area contributed by atoms with Crippen molar-refractivity contribution in [1.29, 1.82) is 0 Å². The molecule has 0 amide bonds. The topological polar surface area (TPSA) is 94.7 Å². The molecule has 0 aliphatic heterocycles. The summed E-state index contributed by atoms with van der Waals surface area (Å²) in [6.45, 7) is 0.488. The number of para-hydroxylation sites is 1. The lowest BCUT2D eigenvalue weighted by Gasteiger charge is -2.24. The van der Waals surface area contributed by atoms with E-state index >= 15 is 0 Å². The summed E-state index contributed by atoms with van der Waals surface area (Å²) in [6.07, 6.45) is 3.02. The molecule has 2 N–H and O–H groups in total. The van der Waals surface area contributed by atoms with E-state index in [0.29, 0.717) is 22.9 Å². The molecular weight excluding hydrogens is 322 g/mol. The predicted molar refractivity (Wildman–Crippen MR) is 92.7 cm³/mol. The summed E-state index contributed by atoms with van der Waals surface area (Å²) >= 11 is 0. The van der Waals surface area contributed by atoms with E-state index in [-0.39, 0.29) is 13.1 Å². The van der Waals surface area contributed by atoms with Gasteiger partial charge in [-0.2, -0.15) is 0 Å². The van der Waals surface area contributed by atoms with Gasteiger partial charge in [0.15, 0.2) is 11.5 Å². The largest absolute Gasteiger partial charge is 0.463 e. The van der Waals surface area contributed by atoms with Gasteiger partial charge >= 0.3 is 0 Å². The lowest BCUT2D eigenvalue weighted by Crippen LogP contribution is -2.35. The first-order valence-electron chi connectivity index (χ1n) is 7.61. The van der Waals surface area contributed by atoms with Crippen LogP contribution in [0.2, 0.25) is 0 Å². The van der Waals surface area contributed by atoms with Gasteiger partial charge in [-0.15, -0.1) is 0 Å². The third-order valence-corrected chi connectivity index (χ3v) is 3.66. The van der Waals surface area contributed by atoms with Gasteiger partial charge in [-0.25, -0.2) is 0 Å². The molecule has 0 radical (unpaired) electrons. The first kappa shape index (κ1) is 16.4. The van der Waals surface area contributed by atoms with Crippen LogP contribution in [0.1, 0.15) is 11.5 Å². The maximum Gasteiger partial charge on any atom is 0.153 e. The van der Waals surface area contributed by atoms with Crippen LogP contribution in [-0.4, -0.2) is 34.9 Å². The molecule has 2 aromatic heterocycles. The van der Waals surface area contributed by atoms with Gasteiger partial charge in [0.05, 0.1) is 25.6 Å². The second-order valence-electron chi connectivity index (χ2n) is 5.24. The molecule has 0 bridgehead atoms. The fraction of sp³-hybridized carbons (Fsp3) is 0.111. The molecule has 128 valence electrons. The van der Waals surface area contributed by atoms with Crippen LogP contribution in [0.5, 0.6) is 0 Å². The fourth-order valence-corrected chi connectivity index (χ4v) is 2.44. The van der Waals surface area contributed by atoms with Crippen molar-refractivity contribution in [2.75, 3.05) is 18.0 Å². The number of oxime groups is 2. The van der Waals surface area contributed by atoms with E-state index in [4.69, 9.17) is 8.83 Å². The SMILES string of the molecule is O/N=C(/CN(C/C(=N/O)c1ccco1)c1ccccc1)c1ccco1. The Bertz CT molecular complexity index is 772. The Morgan fingerprint density at radius 2 is 1.28 bits per heavy atom. The zero-order valence-electron chi connectivity index (χ0n) is 13.3. The van der Waals surface area contributed by atoms with Gasteiger partial charge < -0.3 is 24.1 Å². The minimum atomic E-state index is 0.244. The molecule has 0 aliphatic carbocycles. The summed E-state index contributed by atoms with van der Waals surface area (Å²) in [6, 6.07) is 16.4. The van der Waals surface area contributed by atoms with E-state index in [0.717, 1.165) is 5.69 Å². The van der Waals surface area contributed by atoms with Crippen molar-refractivity contribution in [2.45, 2.75) is 0 Å². The average Bonchev–Trinajstić information content (AvgIpc) is 3.37. The number of benzene rings is 1. The number of nitrogens with zero attached hydrogens (tertiary/aromatic N) is 3.